The minimum atomic E-state index is 0.108. The molecule has 5 heteroatoms. The first-order valence-electron chi connectivity index (χ1n) is 6.58. The monoisotopic (exact) mass is 300 g/mol. The highest BCUT2D eigenvalue weighted by atomic mass is 35.5. The molecule has 0 spiro atoms. The quantitative estimate of drug-likeness (QED) is 0.897. The summed E-state index contributed by atoms with van der Waals surface area (Å²) in [6.07, 6.45) is 2.79. The first-order valence-corrected chi connectivity index (χ1v) is 7.34. The Balaban J connectivity index is 1.77. The van der Waals surface area contributed by atoms with Gasteiger partial charge in [0.2, 0.25) is 5.91 Å². The highest BCUT2D eigenvalue weighted by Gasteiger charge is 2.20. The number of carbonyl (C=O) groups excluding carboxylic acids is 1. The van der Waals surface area contributed by atoms with Crippen LogP contribution in [0.5, 0.6) is 0 Å². The van der Waals surface area contributed by atoms with Gasteiger partial charge in [0.25, 0.3) is 0 Å². The topological polar surface area (TPSA) is 41.1 Å². The largest absolute Gasteiger partial charge is 0.355 e. The van der Waals surface area contributed by atoms with Gasteiger partial charge in [0.15, 0.2) is 0 Å². The van der Waals surface area contributed by atoms with Crippen molar-refractivity contribution < 1.29 is 4.79 Å². The Morgan fingerprint density at radius 2 is 2.05 bits per heavy atom. The molecule has 19 heavy (non-hydrogen) atoms. The molecule has 1 atom stereocenters. The maximum atomic E-state index is 11.9. The van der Waals surface area contributed by atoms with E-state index in [-0.39, 0.29) is 11.8 Å². The minimum Gasteiger partial charge on any atom is -0.355 e. The molecule has 3 nitrogen and oxygen atoms in total. The Bertz CT molecular complexity index is 425. The van der Waals surface area contributed by atoms with Crippen LogP contribution in [-0.4, -0.2) is 25.5 Å². The molecule has 0 bridgehead atoms. The minimum absolute atomic E-state index is 0.108. The van der Waals surface area contributed by atoms with Crippen molar-refractivity contribution in [2.75, 3.05) is 19.6 Å². The van der Waals surface area contributed by atoms with Gasteiger partial charge < -0.3 is 10.6 Å². The highest BCUT2D eigenvalue weighted by Crippen LogP contribution is 2.19. The normalized spacial score (nSPS) is 19.2. The fraction of sp³-hybridized carbons (Fsp3) is 0.500. The van der Waals surface area contributed by atoms with Crippen LogP contribution in [-0.2, 0) is 11.2 Å². The molecule has 2 rings (SSSR count). The van der Waals surface area contributed by atoms with Gasteiger partial charge in [-0.2, -0.15) is 0 Å². The fourth-order valence-electron chi connectivity index (χ4n) is 2.31. The van der Waals surface area contributed by atoms with E-state index < -0.39 is 0 Å². The molecule has 0 radical (unpaired) electrons. The van der Waals surface area contributed by atoms with Crippen molar-refractivity contribution in [2.24, 2.45) is 5.92 Å². The molecule has 1 fully saturated rings. The second-order valence-electron chi connectivity index (χ2n) is 4.86. The Kier molecular flexibility index (Phi) is 5.49. The summed E-state index contributed by atoms with van der Waals surface area (Å²) < 4.78 is 0. The van der Waals surface area contributed by atoms with Gasteiger partial charge in [0.05, 0.1) is 5.92 Å². The second-order valence-corrected chi connectivity index (χ2v) is 5.73. The number of nitrogens with one attached hydrogen (secondary N) is 2. The first-order chi connectivity index (χ1) is 9.15. The van der Waals surface area contributed by atoms with E-state index in [2.05, 4.69) is 10.6 Å². The van der Waals surface area contributed by atoms with E-state index >= 15 is 0 Å². The van der Waals surface area contributed by atoms with Crippen molar-refractivity contribution in [2.45, 2.75) is 19.3 Å². The molecular formula is C14H18Cl2N2O. The summed E-state index contributed by atoms with van der Waals surface area (Å²) in [6, 6.07) is 5.46. The van der Waals surface area contributed by atoms with E-state index in [4.69, 9.17) is 23.2 Å². The number of benzene rings is 1. The van der Waals surface area contributed by atoms with Gasteiger partial charge in [-0.15, -0.1) is 0 Å². The van der Waals surface area contributed by atoms with Crippen molar-refractivity contribution in [3.05, 3.63) is 33.8 Å². The molecule has 1 heterocycles. The average Bonchev–Trinajstić information content (AvgIpc) is 2.38. The standard InChI is InChI=1S/C14H18Cl2N2O/c15-12-6-10(7-13(16)8-12)3-5-18-14(19)11-2-1-4-17-9-11/h6-8,11,17H,1-5,9H2,(H,18,19). The SMILES string of the molecule is O=C(NCCc1cc(Cl)cc(Cl)c1)C1CCCNC1. The maximum absolute atomic E-state index is 11.9. The van der Waals surface area contributed by atoms with E-state index in [1.807, 2.05) is 12.1 Å². The van der Waals surface area contributed by atoms with Crippen LogP contribution in [0, 0.1) is 5.92 Å². The fourth-order valence-corrected chi connectivity index (χ4v) is 2.88. The van der Waals surface area contributed by atoms with Gasteiger partial charge in [-0.1, -0.05) is 23.2 Å². The van der Waals surface area contributed by atoms with Crippen molar-refractivity contribution in [3.63, 3.8) is 0 Å². The summed E-state index contributed by atoms with van der Waals surface area (Å²) in [7, 11) is 0. The molecule has 1 aromatic rings. The van der Waals surface area contributed by atoms with E-state index in [0.29, 0.717) is 16.6 Å². The first kappa shape index (κ1) is 14.6. The van der Waals surface area contributed by atoms with Crippen LogP contribution in [0.4, 0.5) is 0 Å². The predicted octanol–water partition coefficient (Wildman–Crippen LogP) is 2.65. The lowest BCUT2D eigenvalue weighted by Crippen LogP contribution is -2.41. The van der Waals surface area contributed by atoms with Crippen LogP contribution in [0.25, 0.3) is 0 Å². The number of halogens is 2. The lowest BCUT2D eigenvalue weighted by atomic mass is 9.99. The average molecular weight is 301 g/mol. The zero-order valence-electron chi connectivity index (χ0n) is 10.7. The molecule has 1 aliphatic rings. The smallest absolute Gasteiger partial charge is 0.224 e. The van der Waals surface area contributed by atoms with Crippen molar-refractivity contribution in [1.82, 2.24) is 10.6 Å². The lowest BCUT2D eigenvalue weighted by molar-refractivity contribution is -0.125. The molecule has 1 aromatic carbocycles. The molecule has 1 amide bonds. The summed E-state index contributed by atoms with van der Waals surface area (Å²) in [5.74, 6) is 0.247. The predicted molar refractivity (Wildman–Crippen MR) is 78.8 cm³/mol. The zero-order chi connectivity index (χ0) is 13.7. The molecule has 0 saturated carbocycles. The van der Waals surface area contributed by atoms with E-state index in [9.17, 15) is 4.79 Å². The van der Waals surface area contributed by atoms with Crippen LogP contribution in [0.3, 0.4) is 0 Å². The van der Waals surface area contributed by atoms with Crippen LogP contribution in [0.1, 0.15) is 18.4 Å². The summed E-state index contributed by atoms with van der Waals surface area (Å²) in [6.45, 7) is 2.42. The molecule has 1 unspecified atom stereocenters. The Labute approximate surface area is 123 Å². The number of amides is 1. The molecule has 0 aliphatic carbocycles. The summed E-state index contributed by atoms with van der Waals surface area (Å²) in [5.41, 5.74) is 1.04. The van der Waals surface area contributed by atoms with Crippen LogP contribution < -0.4 is 10.6 Å². The summed E-state index contributed by atoms with van der Waals surface area (Å²) in [5, 5.41) is 7.48. The molecule has 104 valence electrons. The molecule has 1 aliphatic heterocycles. The molecule has 0 aromatic heterocycles. The Hall–Kier alpha value is -0.770. The second kappa shape index (κ2) is 7.13. The van der Waals surface area contributed by atoms with Crippen molar-refractivity contribution in [3.8, 4) is 0 Å². The van der Waals surface area contributed by atoms with Crippen LogP contribution in [0.15, 0.2) is 18.2 Å². The maximum Gasteiger partial charge on any atom is 0.224 e. The third-order valence-electron chi connectivity index (χ3n) is 3.30. The summed E-state index contributed by atoms with van der Waals surface area (Å²) in [4.78, 5) is 11.9. The van der Waals surface area contributed by atoms with Gasteiger partial charge in [-0.25, -0.2) is 0 Å². The number of hydrogen-bond donors (Lipinski definition) is 2. The lowest BCUT2D eigenvalue weighted by Gasteiger charge is -2.21. The van der Waals surface area contributed by atoms with E-state index in [1.54, 1.807) is 6.07 Å². The van der Waals surface area contributed by atoms with Crippen LogP contribution in [0.2, 0.25) is 10.0 Å². The zero-order valence-corrected chi connectivity index (χ0v) is 12.2. The molecular weight excluding hydrogens is 283 g/mol. The van der Waals surface area contributed by atoms with Gasteiger partial charge in [-0.3, -0.25) is 4.79 Å². The molecule has 1 saturated heterocycles. The van der Waals surface area contributed by atoms with E-state index in [0.717, 1.165) is 37.9 Å². The third kappa shape index (κ3) is 4.68. The van der Waals surface area contributed by atoms with Crippen molar-refractivity contribution in [1.29, 1.82) is 0 Å². The van der Waals surface area contributed by atoms with Crippen LogP contribution >= 0.6 is 23.2 Å². The number of piperidine rings is 1. The Morgan fingerprint density at radius 1 is 1.32 bits per heavy atom. The van der Waals surface area contributed by atoms with E-state index in [1.165, 1.54) is 0 Å². The van der Waals surface area contributed by atoms with Gasteiger partial charge >= 0.3 is 0 Å². The van der Waals surface area contributed by atoms with Gasteiger partial charge in [0.1, 0.15) is 0 Å². The number of hydrogen-bond acceptors (Lipinski definition) is 2. The number of carbonyl (C=O) groups is 1. The molecule has 2 N–H and O–H groups in total. The Morgan fingerprint density at radius 3 is 2.68 bits per heavy atom. The highest BCUT2D eigenvalue weighted by molar-refractivity contribution is 6.34. The van der Waals surface area contributed by atoms with Crippen molar-refractivity contribution >= 4 is 29.1 Å². The van der Waals surface area contributed by atoms with Gasteiger partial charge in [-0.05, 0) is 49.6 Å². The summed E-state index contributed by atoms with van der Waals surface area (Å²) >= 11 is 11.9. The number of rotatable bonds is 4. The third-order valence-corrected chi connectivity index (χ3v) is 3.74. The van der Waals surface area contributed by atoms with Gasteiger partial charge in [0, 0.05) is 23.1 Å².